The maximum Gasteiger partial charge on any atom is 0.223 e. The number of rotatable bonds is 6. The zero-order valence-electron chi connectivity index (χ0n) is 15.6. The molecule has 1 N–H and O–H groups in total. The molecule has 1 fully saturated rings. The average molecular weight is 378 g/mol. The molecule has 28 heavy (non-hydrogen) atoms. The summed E-state index contributed by atoms with van der Waals surface area (Å²) >= 11 is 0. The van der Waals surface area contributed by atoms with E-state index < -0.39 is 0 Å². The molecule has 0 atom stereocenters. The van der Waals surface area contributed by atoms with Crippen LogP contribution < -0.4 is 5.32 Å². The van der Waals surface area contributed by atoms with E-state index in [0.29, 0.717) is 13.1 Å². The van der Waals surface area contributed by atoms with Gasteiger partial charge >= 0.3 is 0 Å². The summed E-state index contributed by atoms with van der Waals surface area (Å²) in [5, 5.41) is 7.74. The van der Waals surface area contributed by atoms with Crippen LogP contribution >= 0.6 is 0 Å². The molecule has 1 aliphatic rings. The second kappa shape index (κ2) is 8.33. The first-order valence-corrected chi connectivity index (χ1v) is 9.72. The van der Waals surface area contributed by atoms with Gasteiger partial charge in [-0.25, -0.2) is 4.39 Å². The van der Waals surface area contributed by atoms with Crippen molar-refractivity contribution < 1.29 is 9.18 Å². The number of hydrogen-bond donors (Lipinski definition) is 1. The van der Waals surface area contributed by atoms with Crippen LogP contribution in [0.25, 0.3) is 22.5 Å². The van der Waals surface area contributed by atoms with E-state index in [1.165, 1.54) is 12.1 Å². The van der Waals surface area contributed by atoms with E-state index in [-0.39, 0.29) is 17.6 Å². The van der Waals surface area contributed by atoms with Crippen LogP contribution in [-0.2, 0) is 11.3 Å². The fourth-order valence-electron chi connectivity index (χ4n) is 3.71. The Bertz CT molecular complexity index is 931. The minimum absolute atomic E-state index is 0.145. The molecule has 3 aromatic rings. The first kappa shape index (κ1) is 18.3. The third kappa shape index (κ3) is 4.11. The van der Waals surface area contributed by atoms with Gasteiger partial charge in [0.1, 0.15) is 5.82 Å². The Morgan fingerprint density at radius 1 is 1.14 bits per heavy atom. The third-order valence-corrected chi connectivity index (χ3v) is 5.23. The molecule has 5 nitrogen and oxygen atoms in total. The highest BCUT2D eigenvalue weighted by Crippen LogP contribution is 2.26. The number of halogens is 1. The summed E-state index contributed by atoms with van der Waals surface area (Å²) in [4.78, 5) is 16.5. The normalized spacial score (nSPS) is 14.3. The zero-order chi connectivity index (χ0) is 19.3. The SMILES string of the molecule is O=C(NCCn1nc(-c2ccc(F)cc2)cc1-c1cccnc1)C1CCCC1. The highest BCUT2D eigenvalue weighted by molar-refractivity contribution is 5.78. The molecule has 0 saturated heterocycles. The quantitative estimate of drug-likeness (QED) is 0.704. The first-order chi connectivity index (χ1) is 13.7. The van der Waals surface area contributed by atoms with Crippen LogP contribution in [0.15, 0.2) is 54.9 Å². The maximum atomic E-state index is 13.2. The van der Waals surface area contributed by atoms with Gasteiger partial charge in [-0.1, -0.05) is 12.8 Å². The van der Waals surface area contributed by atoms with Crippen molar-refractivity contribution in [1.82, 2.24) is 20.1 Å². The fourth-order valence-corrected chi connectivity index (χ4v) is 3.71. The zero-order valence-corrected chi connectivity index (χ0v) is 15.6. The lowest BCUT2D eigenvalue weighted by atomic mass is 10.1. The number of aromatic nitrogens is 3. The number of pyridine rings is 1. The lowest BCUT2D eigenvalue weighted by Crippen LogP contribution is -2.32. The first-order valence-electron chi connectivity index (χ1n) is 9.72. The van der Waals surface area contributed by atoms with Crippen molar-refractivity contribution >= 4 is 5.91 Å². The van der Waals surface area contributed by atoms with E-state index in [0.717, 1.165) is 48.2 Å². The maximum absolute atomic E-state index is 13.2. The van der Waals surface area contributed by atoms with Crippen molar-refractivity contribution in [3.63, 3.8) is 0 Å². The number of amides is 1. The minimum atomic E-state index is -0.273. The van der Waals surface area contributed by atoms with Gasteiger partial charge in [-0.05, 0) is 55.3 Å². The lowest BCUT2D eigenvalue weighted by Gasteiger charge is -2.11. The van der Waals surface area contributed by atoms with E-state index >= 15 is 0 Å². The third-order valence-electron chi connectivity index (χ3n) is 5.23. The topological polar surface area (TPSA) is 59.8 Å². The summed E-state index contributed by atoms with van der Waals surface area (Å²) in [6.07, 6.45) is 7.78. The van der Waals surface area contributed by atoms with Crippen molar-refractivity contribution in [2.75, 3.05) is 6.54 Å². The summed E-state index contributed by atoms with van der Waals surface area (Å²) < 4.78 is 15.1. The molecule has 0 spiro atoms. The number of nitrogens with zero attached hydrogens (tertiary/aromatic N) is 3. The molecule has 2 heterocycles. The lowest BCUT2D eigenvalue weighted by molar-refractivity contribution is -0.124. The Balaban J connectivity index is 1.54. The standard InChI is InChI=1S/C22H23FN4O/c23-19-9-7-16(8-10-19)20-14-21(18-6-3-11-24-15-18)27(26-20)13-12-25-22(28)17-4-1-2-5-17/h3,6-11,14-15,17H,1-2,4-5,12-13H2,(H,25,28). The van der Waals surface area contributed by atoms with Gasteiger partial charge in [0.15, 0.2) is 0 Å². The highest BCUT2D eigenvalue weighted by atomic mass is 19.1. The average Bonchev–Trinajstić information content (AvgIpc) is 3.40. The second-order valence-electron chi connectivity index (χ2n) is 7.16. The molecule has 1 aromatic carbocycles. The molecule has 0 radical (unpaired) electrons. The Morgan fingerprint density at radius 3 is 2.64 bits per heavy atom. The number of hydrogen-bond acceptors (Lipinski definition) is 3. The highest BCUT2D eigenvalue weighted by Gasteiger charge is 2.22. The van der Waals surface area contributed by atoms with Crippen LogP contribution in [-0.4, -0.2) is 27.2 Å². The van der Waals surface area contributed by atoms with Crippen molar-refractivity contribution in [3.05, 3.63) is 60.7 Å². The number of carbonyl (C=O) groups excluding carboxylic acids is 1. The van der Waals surface area contributed by atoms with Crippen LogP contribution in [0.4, 0.5) is 4.39 Å². The Hall–Kier alpha value is -3.02. The predicted octanol–water partition coefficient (Wildman–Crippen LogP) is 4.06. The summed E-state index contributed by atoms with van der Waals surface area (Å²) in [6, 6.07) is 12.1. The van der Waals surface area contributed by atoms with E-state index in [1.807, 2.05) is 22.9 Å². The number of carbonyl (C=O) groups is 1. The number of benzene rings is 1. The van der Waals surface area contributed by atoms with Gasteiger partial charge in [0.05, 0.1) is 17.9 Å². The van der Waals surface area contributed by atoms with E-state index in [9.17, 15) is 9.18 Å². The molecule has 2 aromatic heterocycles. The van der Waals surface area contributed by atoms with E-state index in [1.54, 1.807) is 24.5 Å². The molecular weight excluding hydrogens is 355 g/mol. The van der Waals surface area contributed by atoms with Gasteiger partial charge < -0.3 is 5.32 Å². The van der Waals surface area contributed by atoms with Crippen LogP contribution in [0, 0.1) is 11.7 Å². The molecule has 0 bridgehead atoms. The van der Waals surface area contributed by atoms with Gasteiger partial charge in [-0.3, -0.25) is 14.5 Å². The van der Waals surface area contributed by atoms with Gasteiger partial charge in [0.25, 0.3) is 0 Å². The van der Waals surface area contributed by atoms with Crippen molar-refractivity contribution in [2.45, 2.75) is 32.2 Å². The molecule has 1 saturated carbocycles. The Morgan fingerprint density at radius 2 is 1.93 bits per heavy atom. The molecule has 1 amide bonds. The smallest absolute Gasteiger partial charge is 0.223 e. The second-order valence-corrected chi connectivity index (χ2v) is 7.16. The molecule has 6 heteroatoms. The molecule has 0 unspecified atom stereocenters. The molecular formula is C22H23FN4O. The van der Waals surface area contributed by atoms with Gasteiger partial charge in [0, 0.05) is 36.0 Å². The van der Waals surface area contributed by atoms with E-state index in [2.05, 4.69) is 10.3 Å². The monoisotopic (exact) mass is 378 g/mol. The number of nitrogens with one attached hydrogen (secondary N) is 1. The van der Waals surface area contributed by atoms with Crippen LogP contribution in [0.2, 0.25) is 0 Å². The Labute approximate surface area is 163 Å². The van der Waals surface area contributed by atoms with Crippen molar-refractivity contribution in [2.24, 2.45) is 5.92 Å². The fraction of sp³-hybridized carbons (Fsp3) is 0.318. The molecule has 1 aliphatic carbocycles. The van der Waals surface area contributed by atoms with Crippen LogP contribution in [0.5, 0.6) is 0 Å². The summed E-state index contributed by atoms with van der Waals surface area (Å²) in [7, 11) is 0. The van der Waals surface area contributed by atoms with Gasteiger partial charge in [0.2, 0.25) is 5.91 Å². The van der Waals surface area contributed by atoms with E-state index in [4.69, 9.17) is 5.10 Å². The van der Waals surface area contributed by atoms with Crippen LogP contribution in [0.1, 0.15) is 25.7 Å². The van der Waals surface area contributed by atoms with Crippen molar-refractivity contribution in [1.29, 1.82) is 0 Å². The molecule has 144 valence electrons. The van der Waals surface area contributed by atoms with Crippen molar-refractivity contribution in [3.8, 4) is 22.5 Å². The largest absolute Gasteiger partial charge is 0.354 e. The minimum Gasteiger partial charge on any atom is -0.354 e. The predicted molar refractivity (Wildman–Crippen MR) is 106 cm³/mol. The molecule has 0 aliphatic heterocycles. The summed E-state index contributed by atoms with van der Waals surface area (Å²) in [5.41, 5.74) is 3.48. The Kier molecular flexibility index (Phi) is 5.46. The van der Waals surface area contributed by atoms with Gasteiger partial charge in [-0.15, -0.1) is 0 Å². The molecule has 4 rings (SSSR count). The van der Waals surface area contributed by atoms with Crippen LogP contribution in [0.3, 0.4) is 0 Å². The van der Waals surface area contributed by atoms with Gasteiger partial charge in [-0.2, -0.15) is 5.10 Å². The summed E-state index contributed by atoms with van der Waals surface area (Å²) in [5.74, 6) is 0.0295. The summed E-state index contributed by atoms with van der Waals surface area (Å²) in [6.45, 7) is 1.08.